The first-order valence-electron chi connectivity index (χ1n) is 7.87. The van der Waals surface area contributed by atoms with Crippen LogP contribution in [0, 0.1) is 5.82 Å². The Morgan fingerprint density at radius 3 is 2.31 bits per heavy atom. The maximum absolute atomic E-state index is 13.6. The molecule has 132 valence electrons. The third-order valence-electron chi connectivity index (χ3n) is 3.70. The number of carbonyl (C=O) groups excluding carboxylic acids is 3. The van der Waals surface area contributed by atoms with E-state index >= 15 is 0 Å². The van der Waals surface area contributed by atoms with Gasteiger partial charge >= 0.3 is 0 Å². The Balaban J connectivity index is 1.68. The van der Waals surface area contributed by atoms with Crippen LogP contribution in [0.5, 0.6) is 0 Å². The number of amides is 3. The number of hydrogen-bond donors (Lipinski definition) is 2. The smallest absolute Gasteiger partial charge is 0.273 e. The van der Waals surface area contributed by atoms with Crippen molar-refractivity contribution in [3.05, 3.63) is 66.0 Å². The van der Waals surface area contributed by atoms with Crippen LogP contribution in [0.3, 0.4) is 0 Å². The lowest BCUT2D eigenvalue weighted by molar-refractivity contribution is -0.119. The molecule has 0 aromatic heterocycles. The molecule has 0 unspecified atom stereocenters. The second kappa shape index (κ2) is 7.56. The quantitative estimate of drug-likeness (QED) is 0.823. The number of benzene rings is 2. The summed E-state index contributed by atoms with van der Waals surface area (Å²) in [5, 5.41) is 5.21. The summed E-state index contributed by atoms with van der Waals surface area (Å²) < 4.78 is 13.6. The molecule has 0 spiro atoms. The third-order valence-corrected chi connectivity index (χ3v) is 3.70. The normalized spacial score (nSPS) is 13.8. The average molecular weight is 354 g/mol. The molecule has 2 aromatic rings. The monoisotopic (exact) mass is 354 g/mol. The zero-order chi connectivity index (χ0) is 18.5. The highest BCUT2D eigenvalue weighted by molar-refractivity contribution is 6.40. The third kappa shape index (κ3) is 3.75. The van der Waals surface area contributed by atoms with Gasteiger partial charge in [0.2, 0.25) is 5.91 Å². The molecule has 1 aliphatic rings. The van der Waals surface area contributed by atoms with Crippen LogP contribution in [0.4, 0.5) is 10.1 Å². The molecule has 0 aliphatic carbocycles. The van der Waals surface area contributed by atoms with Crippen molar-refractivity contribution in [3.8, 4) is 0 Å². The molecule has 0 saturated carbocycles. The number of hydrazone groups is 1. The van der Waals surface area contributed by atoms with Crippen molar-refractivity contribution in [2.24, 2.45) is 5.10 Å². The van der Waals surface area contributed by atoms with Gasteiger partial charge in [0.1, 0.15) is 11.5 Å². The van der Waals surface area contributed by atoms with Gasteiger partial charge in [0.15, 0.2) is 0 Å². The van der Waals surface area contributed by atoms with Crippen LogP contribution in [0.25, 0.3) is 0 Å². The maximum atomic E-state index is 13.6. The number of anilines is 1. The van der Waals surface area contributed by atoms with Crippen molar-refractivity contribution in [2.75, 3.05) is 5.01 Å². The van der Waals surface area contributed by atoms with E-state index in [2.05, 4.69) is 16.0 Å². The van der Waals surface area contributed by atoms with Crippen LogP contribution in [-0.4, -0.2) is 23.4 Å². The van der Waals surface area contributed by atoms with Gasteiger partial charge in [-0.2, -0.15) is 5.10 Å². The fourth-order valence-electron chi connectivity index (χ4n) is 2.39. The topological polar surface area (TPSA) is 90.9 Å². The number of halogens is 1. The molecule has 26 heavy (non-hydrogen) atoms. The zero-order valence-corrected chi connectivity index (χ0v) is 13.6. The number of carbonyl (C=O) groups is 3. The predicted molar refractivity (Wildman–Crippen MR) is 92.6 cm³/mol. The van der Waals surface area contributed by atoms with Crippen molar-refractivity contribution in [2.45, 2.75) is 12.8 Å². The van der Waals surface area contributed by atoms with E-state index in [-0.39, 0.29) is 30.0 Å². The van der Waals surface area contributed by atoms with E-state index in [1.54, 1.807) is 30.3 Å². The van der Waals surface area contributed by atoms with Gasteiger partial charge in [-0.1, -0.05) is 30.3 Å². The molecule has 8 heteroatoms. The number of rotatable bonds is 3. The molecule has 7 nitrogen and oxygen atoms in total. The average Bonchev–Trinajstić information content (AvgIpc) is 2.67. The summed E-state index contributed by atoms with van der Waals surface area (Å²) in [4.78, 5) is 36.2. The lowest BCUT2D eigenvalue weighted by Gasteiger charge is -2.23. The SMILES string of the molecule is O=C(NNC(=O)c1ccccc1F)C1=NN(c2ccccc2)C(=O)CC1. The van der Waals surface area contributed by atoms with Crippen LogP contribution >= 0.6 is 0 Å². The summed E-state index contributed by atoms with van der Waals surface area (Å²) in [6.07, 6.45) is 0.256. The molecule has 0 bridgehead atoms. The summed E-state index contributed by atoms with van der Waals surface area (Å²) >= 11 is 0. The lowest BCUT2D eigenvalue weighted by atomic mass is 10.1. The van der Waals surface area contributed by atoms with Gasteiger partial charge < -0.3 is 0 Å². The first-order valence-corrected chi connectivity index (χ1v) is 7.87. The van der Waals surface area contributed by atoms with E-state index in [0.717, 1.165) is 11.1 Å². The zero-order valence-electron chi connectivity index (χ0n) is 13.6. The van der Waals surface area contributed by atoms with Crippen molar-refractivity contribution in [1.29, 1.82) is 0 Å². The summed E-state index contributed by atoms with van der Waals surface area (Å²) in [7, 11) is 0. The summed E-state index contributed by atoms with van der Waals surface area (Å²) in [6, 6.07) is 14.1. The second-order valence-corrected chi connectivity index (χ2v) is 5.48. The highest BCUT2D eigenvalue weighted by Gasteiger charge is 2.25. The minimum absolute atomic E-state index is 0.0855. The summed E-state index contributed by atoms with van der Waals surface area (Å²) in [5.74, 6) is -2.38. The van der Waals surface area contributed by atoms with Gasteiger partial charge in [-0.3, -0.25) is 25.2 Å². The Kier molecular flexibility index (Phi) is 5.02. The first-order chi connectivity index (χ1) is 12.6. The van der Waals surface area contributed by atoms with Crippen LogP contribution in [0.2, 0.25) is 0 Å². The molecule has 0 fully saturated rings. The fourth-order valence-corrected chi connectivity index (χ4v) is 2.39. The lowest BCUT2D eigenvalue weighted by Crippen LogP contribution is -2.47. The number of hydrogen-bond acceptors (Lipinski definition) is 4. The van der Waals surface area contributed by atoms with E-state index in [1.165, 1.54) is 18.2 Å². The molecule has 2 N–H and O–H groups in total. The van der Waals surface area contributed by atoms with Crippen molar-refractivity contribution >= 4 is 29.1 Å². The number of para-hydroxylation sites is 1. The Hall–Kier alpha value is -3.55. The maximum Gasteiger partial charge on any atom is 0.285 e. The van der Waals surface area contributed by atoms with E-state index in [0.29, 0.717) is 5.69 Å². The minimum atomic E-state index is -0.788. The van der Waals surface area contributed by atoms with Crippen molar-refractivity contribution in [3.63, 3.8) is 0 Å². The molecule has 3 rings (SSSR count). The molecular formula is C18H15FN4O3. The highest BCUT2D eigenvalue weighted by atomic mass is 19.1. The molecule has 2 aromatic carbocycles. The van der Waals surface area contributed by atoms with E-state index < -0.39 is 17.6 Å². The first kappa shape index (κ1) is 17.3. The highest BCUT2D eigenvalue weighted by Crippen LogP contribution is 2.19. The Labute approximate surface area is 148 Å². The van der Waals surface area contributed by atoms with Crippen LogP contribution in [-0.2, 0) is 9.59 Å². The van der Waals surface area contributed by atoms with Crippen molar-refractivity contribution < 1.29 is 18.8 Å². The van der Waals surface area contributed by atoms with Crippen LogP contribution in [0.15, 0.2) is 59.7 Å². The van der Waals surface area contributed by atoms with Gasteiger partial charge in [0.05, 0.1) is 11.3 Å². The Morgan fingerprint density at radius 1 is 0.923 bits per heavy atom. The van der Waals surface area contributed by atoms with Gasteiger partial charge in [-0.05, 0) is 24.3 Å². The molecule has 1 heterocycles. The molecule has 0 atom stereocenters. The van der Waals surface area contributed by atoms with Gasteiger partial charge in [0, 0.05) is 12.8 Å². The Bertz CT molecular complexity index is 883. The molecule has 1 aliphatic heterocycles. The number of nitrogens with one attached hydrogen (secondary N) is 2. The van der Waals surface area contributed by atoms with Gasteiger partial charge in [-0.25, -0.2) is 9.40 Å². The largest absolute Gasteiger partial charge is 0.285 e. The summed E-state index contributed by atoms with van der Waals surface area (Å²) in [6.45, 7) is 0. The molecular weight excluding hydrogens is 339 g/mol. The molecule has 3 amide bonds. The van der Waals surface area contributed by atoms with Gasteiger partial charge in [-0.15, -0.1) is 0 Å². The van der Waals surface area contributed by atoms with E-state index in [4.69, 9.17) is 0 Å². The van der Waals surface area contributed by atoms with E-state index in [1.807, 2.05) is 0 Å². The predicted octanol–water partition coefficient (Wildman–Crippen LogP) is 1.77. The molecule has 0 saturated heterocycles. The Morgan fingerprint density at radius 2 is 1.58 bits per heavy atom. The number of nitrogens with zero attached hydrogens (tertiary/aromatic N) is 2. The standard InChI is InChI=1S/C18H15FN4O3/c19-14-9-5-4-8-13(14)17(25)20-21-18(26)15-10-11-16(24)23(22-15)12-6-2-1-3-7-12/h1-9H,10-11H2,(H,20,25)(H,21,26). The molecule has 0 radical (unpaired) electrons. The fraction of sp³-hybridized carbons (Fsp3) is 0.111. The van der Waals surface area contributed by atoms with Crippen LogP contribution in [0.1, 0.15) is 23.2 Å². The minimum Gasteiger partial charge on any atom is -0.273 e. The van der Waals surface area contributed by atoms with Crippen molar-refractivity contribution in [1.82, 2.24) is 10.9 Å². The number of hydrazine groups is 1. The van der Waals surface area contributed by atoms with E-state index in [9.17, 15) is 18.8 Å². The summed E-state index contributed by atoms with van der Waals surface area (Å²) in [5.41, 5.74) is 4.76. The second-order valence-electron chi connectivity index (χ2n) is 5.48. The van der Waals surface area contributed by atoms with Gasteiger partial charge in [0.25, 0.3) is 11.8 Å². The van der Waals surface area contributed by atoms with Crippen LogP contribution < -0.4 is 15.9 Å².